The summed E-state index contributed by atoms with van der Waals surface area (Å²) in [5.41, 5.74) is 14.2. The molecule has 188 valence electrons. The van der Waals surface area contributed by atoms with Gasteiger partial charge in [-0.25, -0.2) is 5.43 Å². The molecule has 1 aromatic heterocycles. The summed E-state index contributed by atoms with van der Waals surface area (Å²) in [5.74, 6) is -0.210. The predicted molar refractivity (Wildman–Crippen MR) is 150 cm³/mol. The lowest BCUT2D eigenvalue weighted by Gasteiger charge is -2.28. The molecule has 0 aliphatic carbocycles. The molecule has 0 fully saturated rings. The average Bonchev–Trinajstić information content (AvgIpc) is 3.16. The third-order valence-corrected chi connectivity index (χ3v) is 7.14. The maximum absolute atomic E-state index is 12.7. The van der Waals surface area contributed by atoms with Crippen LogP contribution in [0.2, 0.25) is 0 Å². The van der Waals surface area contributed by atoms with Crippen LogP contribution in [0.4, 0.5) is 0 Å². The van der Waals surface area contributed by atoms with Crippen LogP contribution in [-0.4, -0.2) is 28.1 Å². The summed E-state index contributed by atoms with van der Waals surface area (Å²) in [6, 6.07) is 25.1. The Bertz CT molecular complexity index is 1440. The molecule has 0 spiro atoms. The highest BCUT2D eigenvalue weighted by Gasteiger charge is 2.16. The topological polar surface area (TPSA) is 49.6 Å². The van der Waals surface area contributed by atoms with Gasteiger partial charge in [0.25, 0.3) is 5.91 Å². The van der Waals surface area contributed by atoms with E-state index >= 15 is 0 Å². The van der Waals surface area contributed by atoms with Gasteiger partial charge in [-0.2, -0.15) is 5.10 Å². The lowest BCUT2D eigenvalue weighted by atomic mass is 9.99. The van der Waals surface area contributed by atoms with E-state index < -0.39 is 0 Å². The van der Waals surface area contributed by atoms with Gasteiger partial charge in [0.1, 0.15) is 0 Å². The van der Waals surface area contributed by atoms with E-state index in [1.54, 1.807) is 6.21 Å². The third-order valence-electron chi connectivity index (χ3n) is 7.14. The van der Waals surface area contributed by atoms with Gasteiger partial charge >= 0.3 is 0 Å². The zero-order chi connectivity index (χ0) is 25.9. The molecule has 1 aliphatic rings. The van der Waals surface area contributed by atoms with Gasteiger partial charge < -0.3 is 4.57 Å². The fourth-order valence-corrected chi connectivity index (χ4v) is 5.33. The molecule has 0 radical (unpaired) electrons. The highest BCUT2D eigenvalue weighted by Crippen LogP contribution is 2.22. The van der Waals surface area contributed by atoms with Crippen molar-refractivity contribution >= 4 is 12.1 Å². The van der Waals surface area contributed by atoms with E-state index in [0.717, 1.165) is 48.7 Å². The van der Waals surface area contributed by atoms with Crippen molar-refractivity contribution in [2.45, 2.75) is 47.2 Å². The SMILES string of the molecule is Cc1cc(C)cc(-n2c(C)cc(/C=N/NC(=O)c3ccc(CN4CCc5ccccc5C4)cc3)c2C)c1. The Kier molecular flexibility index (Phi) is 7.06. The predicted octanol–water partition coefficient (Wildman–Crippen LogP) is 6.03. The number of nitrogens with zero attached hydrogens (tertiary/aromatic N) is 3. The van der Waals surface area contributed by atoms with E-state index in [9.17, 15) is 4.79 Å². The number of carbonyl (C=O) groups is 1. The first-order chi connectivity index (χ1) is 17.9. The van der Waals surface area contributed by atoms with E-state index in [1.165, 1.54) is 27.8 Å². The van der Waals surface area contributed by atoms with E-state index in [2.05, 4.69) is 96.2 Å². The van der Waals surface area contributed by atoms with Gasteiger partial charge in [0, 0.05) is 47.8 Å². The number of hydrogen-bond acceptors (Lipinski definition) is 3. The normalized spacial score (nSPS) is 13.6. The van der Waals surface area contributed by atoms with Gasteiger partial charge in [0.15, 0.2) is 0 Å². The Balaban J connectivity index is 1.20. The summed E-state index contributed by atoms with van der Waals surface area (Å²) in [6.45, 7) is 11.3. The molecule has 5 heteroatoms. The van der Waals surface area contributed by atoms with Crippen LogP contribution in [0.3, 0.4) is 0 Å². The number of fused-ring (bicyclic) bond motifs is 1. The molecule has 1 aliphatic heterocycles. The van der Waals surface area contributed by atoms with Gasteiger partial charge in [-0.05, 0) is 92.3 Å². The van der Waals surface area contributed by atoms with Crippen LogP contribution in [0.5, 0.6) is 0 Å². The highest BCUT2D eigenvalue weighted by molar-refractivity contribution is 5.95. The van der Waals surface area contributed by atoms with Gasteiger partial charge in [0.2, 0.25) is 0 Å². The molecular weight excluding hydrogens is 456 g/mol. The largest absolute Gasteiger partial charge is 0.318 e. The summed E-state index contributed by atoms with van der Waals surface area (Å²) < 4.78 is 2.23. The second-order valence-electron chi connectivity index (χ2n) is 10.1. The molecule has 0 saturated carbocycles. The van der Waals surface area contributed by atoms with Crippen LogP contribution in [0.25, 0.3) is 5.69 Å². The van der Waals surface area contributed by atoms with Crippen molar-refractivity contribution in [1.82, 2.24) is 14.9 Å². The zero-order valence-electron chi connectivity index (χ0n) is 22.1. The third kappa shape index (κ3) is 5.57. The molecule has 0 bridgehead atoms. The summed E-state index contributed by atoms with van der Waals surface area (Å²) in [5, 5.41) is 4.25. The minimum absolute atomic E-state index is 0.210. The van der Waals surface area contributed by atoms with Crippen LogP contribution in [0, 0.1) is 27.7 Å². The lowest BCUT2D eigenvalue weighted by molar-refractivity contribution is 0.0955. The second-order valence-corrected chi connectivity index (χ2v) is 10.1. The first-order valence-electron chi connectivity index (χ1n) is 12.9. The monoisotopic (exact) mass is 490 g/mol. The molecule has 0 atom stereocenters. The van der Waals surface area contributed by atoms with Crippen LogP contribution in [-0.2, 0) is 19.5 Å². The van der Waals surface area contributed by atoms with Crippen LogP contribution in [0.15, 0.2) is 77.9 Å². The first kappa shape index (κ1) is 24.7. The number of aryl methyl sites for hydroxylation is 3. The highest BCUT2D eigenvalue weighted by atomic mass is 16.2. The van der Waals surface area contributed by atoms with Gasteiger partial charge in [0.05, 0.1) is 6.21 Å². The Hall–Kier alpha value is -3.96. The molecule has 5 nitrogen and oxygen atoms in total. The standard InChI is InChI=1S/C32H34N4O/c1-22-15-23(2)17-31(16-22)36-24(3)18-30(25(36)4)19-33-34-32(37)28-11-9-26(10-12-28)20-35-14-13-27-7-5-6-8-29(27)21-35/h5-12,15-19H,13-14,20-21H2,1-4H3,(H,34,37)/b33-19+. The summed E-state index contributed by atoms with van der Waals surface area (Å²) >= 11 is 0. The molecule has 1 amide bonds. The molecule has 4 aromatic rings. The molecule has 5 rings (SSSR count). The molecule has 0 unspecified atom stereocenters. The number of benzene rings is 3. The summed E-state index contributed by atoms with van der Waals surface area (Å²) in [6.07, 6.45) is 2.81. The summed E-state index contributed by atoms with van der Waals surface area (Å²) in [7, 11) is 0. The Morgan fingerprint density at radius 1 is 0.919 bits per heavy atom. The van der Waals surface area contributed by atoms with E-state index in [-0.39, 0.29) is 5.91 Å². The quantitative estimate of drug-likeness (QED) is 0.265. The van der Waals surface area contributed by atoms with Crippen molar-refractivity contribution in [3.63, 3.8) is 0 Å². The fraction of sp³-hybridized carbons (Fsp3) is 0.250. The number of nitrogens with one attached hydrogen (secondary N) is 1. The van der Waals surface area contributed by atoms with E-state index in [4.69, 9.17) is 0 Å². The molecule has 3 aromatic carbocycles. The van der Waals surface area contributed by atoms with Crippen LogP contribution in [0.1, 0.15) is 55.1 Å². The minimum atomic E-state index is -0.210. The number of carbonyl (C=O) groups excluding carboxylic acids is 1. The van der Waals surface area contributed by atoms with Crippen molar-refractivity contribution in [3.8, 4) is 5.69 Å². The second kappa shape index (κ2) is 10.6. The molecule has 0 saturated heterocycles. The molecule has 2 heterocycles. The van der Waals surface area contributed by atoms with E-state index in [1.807, 2.05) is 24.3 Å². The maximum Gasteiger partial charge on any atom is 0.271 e. The zero-order valence-corrected chi connectivity index (χ0v) is 22.1. The van der Waals surface area contributed by atoms with Crippen LogP contribution >= 0.6 is 0 Å². The Morgan fingerprint density at radius 2 is 1.62 bits per heavy atom. The number of hydrazone groups is 1. The number of hydrogen-bond donors (Lipinski definition) is 1. The maximum atomic E-state index is 12.7. The van der Waals surface area contributed by atoms with Crippen molar-refractivity contribution in [2.75, 3.05) is 6.54 Å². The fourth-order valence-electron chi connectivity index (χ4n) is 5.33. The number of amides is 1. The number of aromatic nitrogens is 1. The van der Waals surface area contributed by atoms with Gasteiger partial charge in [-0.1, -0.05) is 42.5 Å². The van der Waals surface area contributed by atoms with Crippen molar-refractivity contribution in [2.24, 2.45) is 5.10 Å². The number of rotatable bonds is 6. The Labute approximate surface area is 219 Å². The molecular formula is C32H34N4O. The van der Waals surface area contributed by atoms with Crippen molar-refractivity contribution in [3.05, 3.63) is 123 Å². The van der Waals surface area contributed by atoms with Crippen molar-refractivity contribution < 1.29 is 4.79 Å². The van der Waals surface area contributed by atoms with Crippen LogP contribution < -0.4 is 5.43 Å². The van der Waals surface area contributed by atoms with Gasteiger partial charge in [-0.15, -0.1) is 0 Å². The minimum Gasteiger partial charge on any atom is -0.318 e. The summed E-state index contributed by atoms with van der Waals surface area (Å²) in [4.78, 5) is 15.1. The van der Waals surface area contributed by atoms with Gasteiger partial charge in [-0.3, -0.25) is 9.69 Å². The Morgan fingerprint density at radius 3 is 2.35 bits per heavy atom. The smallest absolute Gasteiger partial charge is 0.271 e. The molecule has 37 heavy (non-hydrogen) atoms. The van der Waals surface area contributed by atoms with Crippen molar-refractivity contribution in [1.29, 1.82) is 0 Å². The molecule has 1 N–H and O–H groups in total. The lowest BCUT2D eigenvalue weighted by Crippen LogP contribution is -2.30. The average molecular weight is 491 g/mol. The van der Waals surface area contributed by atoms with E-state index in [0.29, 0.717) is 5.56 Å². The first-order valence-corrected chi connectivity index (χ1v) is 12.9.